The molecule has 26 heavy (non-hydrogen) atoms. The van der Waals surface area contributed by atoms with E-state index in [-0.39, 0.29) is 5.91 Å². The number of amides is 1. The van der Waals surface area contributed by atoms with Gasteiger partial charge in [-0.1, -0.05) is 48.5 Å². The van der Waals surface area contributed by atoms with E-state index in [1.165, 1.54) is 0 Å². The van der Waals surface area contributed by atoms with Crippen molar-refractivity contribution in [3.05, 3.63) is 78.0 Å². The van der Waals surface area contributed by atoms with Gasteiger partial charge in [0.1, 0.15) is 5.75 Å². The van der Waals surface area contributed by atoms with Crippen LogP contribution in [0.2, 0.25) is 0 Å². The van der Waals surface area contributed by atoms with Crippen LogP contribution in [0.5, 0.6) is 5.75 Å². The zero-order valence-electron chi connectivity index (χ0n) is 14.2. The van der Waals surface area contributed by atoms with Crippen molar-refractivity contribution in [3.8, 4) is 5.75 Å². The Kier molecular flexibility index (Phi) is 4.11. The second-order valence-corrected chi connectivity index (χ2v) is 5.85. The minimum Gasteiger partial charge on any atom is -0.496 e. The zero-order valence-corrected chi connectivity index (χ0v) is 14.2. The monoisotopic (exact) mass is 343 g/mol. The van der Waals surface area contributed by atoms with Crippen LogP contribution in [0.25, 0.3) is 21.7 Å². The van der Waals surface area contributed by atoms with Crippen molar-refractivity contribution in [3.63, 3.8) is 0 Å². The maximum Gasteiger partial charge on any atom is 0.273 e. The van der Waals surface area contributed by atoms with Crippen molar-refractivity contribution in [2.75, 3.05) is 7.11 Å². The van der Waals surface area contributed by atoms with Crippen molar-refractivity contribution >= 4 is 33.8 Å². The molecule has 4 aromatic rings. The van der Waals surface area contributed by atoms with Gasteiger partial charge in [0.05, 0.1) is 18.9 Å². The normalized spacial score (nSPS) is 11.3. The second kappa shape index (κ2) is 6.72. The van der Waals surface area contributed by atoms with Crippen LogP contribution in [0.15, 0.2) is 72.0 Å². The molecule has 1 heterocycles. The van der Waals surface area contributed by atoms with Crippen molar-refractivity contribution in [1.29, 1.82) is 0 Å². The van der Waals surface area contributed by atoms with Crippen LogP contribution < -0.4 is 10.2 Å². The van der Waals surface area contributed by atoms with E-state index in [0.29, 0.717) is 11.3 Å². The number of aromatic amines is 1. The highest BCUT2D eigenvalue weighted by molar-refractivity contribution is 6.07. The van der Waals surface area contributed by atoms with Crippen molar-refractivity contribution < 1.29 is 9.53 Å². The van der Waals surface area contributed by atoms with Crippen LogP contribution in [-0.4, -0.2) is 24.2 Å². The van der Waals surface area contributed by atoms with Gasteiger partial charge in [0, 0.05) is 22.7 Å². The van der Waals surface area contributed by atoms with Gasteiger partial charge in [0.15, 0.2) is 0 Å². The SMILES string of the molecule is COc1ccc2ccccc2c1/C=N\NC(=O)c1c[nH]c2ccccc12. The summed E-state index contributed by atoms with van der Waals surface area (Å²) in [5, 5.41) is 7.10. The zero-order chi connectivity index (χ0) is 17.9. The smallest absolute Gasteiger partial charge is 0.273 e. The number of rotatable bonds is 4. The number of nitrogens with zero attached hydrogens (tertiary/aromatic N) is 1. The highest BCUT2D eigenvalue weighted by atomic mass is 16.5. The molecule has 0 spiro atoms. The highest BCUT2D eigenvalue weighted by Crippen LogP contribution is 2.26. The van der Waals surface area contributed by atoms with E-state index in [0.717, 1.165) is 27.2 Å². The molecule has 2 N–H and O–H groups in total. The highest BCUT2D eigenvalue weighted by Gasteiger charge is 2.11. The number of H-pyrrole nitrogens is 1. The summed E-state index contributed by atoms with van der Waals surface area (Å²) >= 11 is 0. The molecule has 0 aliphatic heterocycles. The van der Waals surface area contributed by atoms with Gasteiger partial charge in [-0.25, -0.2) is 5.43 Å². The summed E-state index contributed by atoms with van der Waals surface area (Å²) in [4.78, 5) is 15.5. The van der Waals surface area contributed by atoms with Crippen LogP contribution in [0, 0.1) is 0 Å². The number of hydrogen-bond donors (Lipinski definition) is 2. The molecule has 0 radical (unpaired) electrons. The molecule has 1 aromatic heterocycles. The van der Waals surface area contributed by atoms with Gasteiger partial charge >= 0.3 is 0 Å². The summed E-state index contributed by atoms with van der Waals surface area (Å²) in [5.41, 5.74) is 4.89. The number of benzene rings is 3. The maximum atomic E-state index is 12.5. The number of methoxy groups -OCH3 is 1. The Morgan fingerprint density at radius 2 is 1.81 bits per heavy atom. The maximum absolute atomic E-state index is 12.5. The van der Waals surface area contributed by atoms with E-state index in [4.69, 9.17) is 4.74 Å². The average molecular weight is 343 g/mol. The molecule has 1 amide bonds. The molecule has 0 saturated heterocycles. The first-order valence-corrected chi connectivity index (χ1v) is 8.23. The first kappa shape index (κ1) is 15.9. The topological polar surface area (TPSA) is 66.5 Å². The van der Waals surface area contributed by atoms with Crippen LogP contribution in [0.1, 0.15) is 15.9 Å². The van der Waals surface area contributed by atoms with Crippen molar-refractivity contribution in [2.24, 2.45) is 5.10 Å². The lowest BCUT2D eigenvalue weighted by Gasteiger charge is -2.08. The molecule has 0 fully saturated rings. The van der Waals surface area contributed by atoms with Gasteiger partial charge in [-0.3, -0.25) is 4.79 Å². The third-order valence-electron chi connectivity index (χ3n) is 4.34. The molecule has 128 valence electrons. The molecule has 5 nitrogen and oxygen atoms in total. The van der Waals surface area contributed by atoms with Crippen LogP contribution in [-0.2, 0) is 0 Å². The van der Waals surface area contributed by atoms with Crippen molar-refractivity contribution in [2.45, 2.75) is 0 Å². The lowest BCUT2D eigenvalue weighted by Crippen LogP contribution is -2.17. The first-order valence-electron chi connectivity index (χ1n) is 8.23. The van der Waals surface area contributed by atoms with E-state index >= 15 is 0 Å². The van der Waals surface area contributed by atoms with Gasteiger partial charge in [0.2, 0.25) is 0 Å². The summed E-state index contributed by atoms with van der Waals surface area (Å²) in [7, 11) is 1.62. The second-order valence-electron chi connectivity index (χ2n) is 5.85. The van der Waals surface area contributed by atoms with Gasteiger partial charge in [-0.2, -0.15) is 5.10 Å². The predicted octanol–water partition coefficient (Wildman–Crippen LogP) is 4.09. The molecule has 5 heteroatoms. The summed E-state index contributed by atoms with van der Waals surface area (Å²) in [6, 6.07) is 19.5. The van der Waals surface area contributed by atoms with Gasteiger partial charge in [0.25, 0.3) is 5.91 Å². The summed E-state index contributed by atoms with van der Waals surface area (Å²) in [6.45, 7) is 0. The van der Waals surface area contributed by atoms with Crippen LogP contribution >= 0.6 is 0 Å². The van der Waals surface area contributed by atoms with Crippen LogP contribution in [0.3, 0.4) is 0 Å². The molecule has 4 rings (SSSR count). The Morgan fingerprint density at radius 1 is 1.04 bits per heavy atom. The van der Waals surface area contributed by atoms with E-state index in [2.05, 4.69) is 15.5 Å². The minimum atomic E-state index is -0.266. The Hall–Kier alpha value is -3.60. The number of carbonyl (C=O) groups is 1. The van der Waals surface area contributed by atoms with Crippen LogP contribution in [0.4, 0.5) is 0 Å². The number of hydrazone groups is 1. The van der Waals surface area contributed by atoms with Gasteiger partial charge in [-0.15, -0.1) is 0 Å². The molecule has 0 saturated carbocycles. The number of carbonyl (C=O) groups excluding carboxylic acids is 1. The Bertz CT molecular complexity index is 1130. The Labute approximate surface area is 150 Å². The molecule has 0 unspecified atom stereocenters. The number of ether oxygens (including phenoxy) is 1. The molecule has 0 atom stereocenters. The Balaban J connectivity index is 1.63. The minimum absolute atomic E-state index is 0.266. The number of hydrogen-bond acceptors (Lipinski definition) is 3. The quantitative estimate of drug-likeness (QED) is 0.433. The summed E-state index contributed by atoms with van der Waals surface area (Å²) in [6.07, 6.45) is 3.31. The molecule has 3 aromatic carbocycles. The van der Waals surface area contributed by atoms with Crippen molar-refractivity contribution in [1.82, 2.24) is 10.4 Å². The number of fused-ring (bicyclic) bond motifs is 2. The third kappa shape index (κ3) is 2.80. The molecule has 0 aliphatic carbocycles. The average Bonchev–Trinajstić information content (AvgIpc) is 3.12. The van der Waals surface area contributed by atoms with E-state index < -0.39 is 0 Å². The molecular weight excluding hydrogens is 326 g/mol. The first-order chi connectivity index (χ1) is 12.8. The standard InChI is InChI=1S/C21H17N3O2/c1-26-20-11-10-14-6-2-3-7-15(14)17(20)13-23-24-21(25)18-12-22-19-9-5-4-8-16(18)19/h2-13,22H,1H3,(H,24,25)/b23-13-. The molecule has 0 aliphatic rings. The summed E-state index contributed by atoms with van der Waals surface area (Å²) in [5.74, 6) is 0.437. The number of para-hydroxylation sites is 1. The lowest BCUT2D eigenvalue weighted by atomic mass is 10.0. The fraction of sp³-hybridized carbons (Fsp3) is 0.0476. The van der Waals surface area contributed by atoms with E-state index in [1.54, 1.807) is 19.5 Å². The van der Waals surface area contributed by atoms with E-state index in [9.17, 15) is 4.79 Å². The largest absolute Gasteiger partial charge is 0.496 e. The molecule has 0 bridgehead atoms. The molecular formula is C21H17N3O2. The third-order valence-corrected chi connectivity index (χ3v) is 4.34. The fourth-order valence-corrected chi connectivity index (χ4v) is 3.06. The lowest BCUT2D eigenvalue weighted by molar-refractivity contribution is 0.0957. The number of aromatic nitrogens is 1. The van der Waals surface area contributed by atoms with Gasteiger partial charge < -0.3 is 9.72 Å². The fourth-order valence-electron chi connectivity index (χ4n) is 3.06. The van der Waals surface area contributed by atoms with Gasteiger partial charge in [-0.05, 0) is 22.9 Å². The summed E-state index contributed by atoms with van der Waals surface area (Å²) < 4.78 is 5.43. The predicted molar refractivity (Wildman–Crippen MR) is 104 cm³/mol. The Morgan fingerprint density at radius 3 is 2.65 bits per heavy atom. The van der Waals surface area contributed by atoms with E-state index in [1.807, 2.05) is 60.7 Å². The number of nitrogens with one attached hydrogen (secondary N) is 2.